The van der Waals surface area contributed by atoms with Crippen molar-refractivity contribution < 1.29 is 14.3 Å². The summed E-state index contributed by atoms with van der Waals surface area (Å²) in [4.78, 5) is 30.2. The number of amides is 2. The summed E-state index contributed by atoms with van der Waals surface area (Å²) in [6, 6.07) is 4.01. The minimum atomic E-state index is -0.445. The number of thiophene rings is 1. The molecule has 0 radical (unpaired) electrons. The Morgan fingerprint density at radius 2 is 2.12 bits per heavy atom. The molecule has 2 amide bonds. The molecule has 3 aliphatic rings. The van der Waals surface area contributed by atoms with Crippen molar-refractivity contribution in [2.45, 2.75) is 43.9 Å². The van der Waals surface area contributed by atoms with Crippen molar-refractivity contribution in [3.63, 3.8) is 0 Å². The van der Waals surface area contributed by atoms with Gasteiger partial charge in [-0.2, -0.15) is 0 Å². The molecule has 1 atom stereocenters. The average molecular weight is 378 g/mol. The zero-order valence-electron chi connectivity index (χ0n) is 15.3. The molecule has 1 aliphatic carbocycles. The van der Waals surface area contributed by atoms with E-state index in [0.29, 0.717) is 19.0 Å². The molecular formula is C19H27N3O3S. The fraction of sp³-hybridized carbons (Fsp3) is 0.684. The summed E-state index contributed by atoms with van der Waals surface area (Å²) in [6.45, 7) is 3.48. The number of hydrogen-bond donors (Lipinski definition) is 1. The Bertz CT molecular complexity index is 651. The number of carbonyl (C=O) groups is 2. The van der Waals surface area contributed by atoms with Gasteiger partial charge in [0.2, 0.25) is 5.91 Å². The Labute approximate surface area is 158 Å². The molecule has 1 aromatic rings. The molecular weight excluding hydrogens is 350 g/mol. The largest absolute Gasteiger partial charge is 0.359 e. The van der Waals surface area contributed by atoms with E-state index in [0.717, 1.165) is 50.2 Å². The van der Waals surface area contributed by atoms with Gasteiger partial charge >= 0.3 is 0 Å². The van der Waals surface area contributed by atoms with Crippen LogP contribution >= 0.6 is 11.3 Å². The van der Waals surface area contributed by atoms with Crippen LogP contribution in [0.25, 0.3) is 0 Å². The molecule has 3 fully saturated rings. The first-order valence-corrected chi connectivity index (χ1v) is 10.4. The minimum absolute atomic E-state index is 0.0409. The number of hydrogen-bond acceptors (Lipinski definition) is 5. The van der Waals surface area contributed by atoms with Crippen LogP contribution in [0.5, 0.6) is 0 Å². The van der Waals surface area contributed by atoms with Gasteiger partial charge in [0.25, 0.3) is 5.91 Å². The molecule has 1 spiro atoms. The topological polar surface area (TPSA) is 61.9 Å². The molecule has 0 unspecified atom stereocenters. The lowest BCUT2D eigenvalue weighted by molar-refractivity contribution is -0.183. The van der Waals surface area contributed by atoms with Crippen molar-refractivity contribution in [3.05, 3.63) is 22.4 Å². The van der Waals surface area contributed by atoms with E-state index in [-0.39, 0.29) is 17.4 Å². The van der Waals surface area contributed by atoms with E-state index in [1.807, 2.05) is 29.5 Å². The van der Waals surface area contributed by atoms with Gasteiger partial charge in [0.15, 0.2) is 0 Å². The Morgan fingerprint density at radius 1 is 1.35 bits per heavy atom. The van der Waals surface area contributed by atoms with Gasteiger partial charge in [-0.15, -0.1) is 11.3 Å². The summed E-state index contributed by atoms with van der Waals surface area (Å²) in [5.74, 6) is 0.546. The van der Waals surface area contributed by atoms with Crippen LogP contribution in [0, 0.1) is 5.92 Å². The summed E-state index contributed by atoms with van der Waals surface area (Å²) in [6.07, 6.45) is 3.27. The predicted octanol–water partition coefficient (Wildman–Crippen LogP) is 1.47. The first-order chi connectivity index (χ1) is 12.5. The maximum atomic E-state index is 12.6. The van der Waals surface area contributed by atoms with Crippen LogP contribution in [0.2, 0.25) is 0 Å². The van der Waals surface area contributed by atoms with Gasteiger partial charge in [0.05, 0.1) is 12.1 Å². The van der Waals surface area contributed by atoms with Crippen LogP contribution in [0.3, 0.4) is 0 Å². The van der Waals surface area contributed by atoms with Gasteiger partial charge in [-0.1, -0.05) is 6.07 Å². The lowest BCUT2D eigenvalue weighted by Crippen LogP contribution is -2.61. The molecule has 0 aromatic carbocycles. The second-order valence-electron chi connectivity index (χ2n) is 7.88. The number of likely N-dealkylation sites (N-methyl/N-ethyl adjacent to an activating group) is 1. The first-order valence-electron chi connectivity index (χ1n) is 9.50. The van der Waals surface area contributed by atoms with Crippen molar-refractivity contribution in [3.8, 4) is 0 Å². The molecule has 0 bridgehead atoms. The SMILES string of the molecule is CN1C[C@@H](C(=O)NCc2cccs2)OC2(CCN(C(=O)C3CC3)CC2)C1. The van der Waals surface area contributed by atoms with E-state index in [9.17, 15) is 9.59 Å². The Hall–Kier alpha value is -1.44. The van der Waals surface area contributed by atoms with Crippen molar-refractivity contribution in [2.24, 2.45) is 5.92 Å². The highest BCUT2D eigenvalue weighted by Crippen LogP contribution is 2.36. The van der Waals surface area contributed by atoms with Gasteiger partial charge in [-0.3, -0.25) is 9.59 Å². The van der Waals surface area contributed by atoms with E-state index in [1.165, 1.54) is 0 Å². The highest BCUT2D eigenvalue weighted by atomic mass is 32.1. The van der Waals surface area contributed by atoms with E-state index in [1.54, 1.807) is 11.3 Å². The zero-order chi connectivity index (χ0) is 18.1. The average Bonchev–Trinajstić information content (AvgIpc) is 3.35. The van der Waals surface area contributed by atoms with Gasteiger partial charge in [0, 0.05) is 37.0 Å². The monoisotopic (exact) mass is 377 g/mol. The Balaban J connectivity index is 1.34. The number of ether oxygens (including phenoxy) is 1. The Morgan fingerprint density at radius 3 is 2.77 bits per heavy atom. The van der Waals surface area contributed by atoms with Crippen molar-refractivity contribution in [1.29, 1.82) is 0 Å². The molecule has 1 aromatic heterocycles. The maximum absolute atomic E-state index is 12.6. The van der Waals surface area contributed by atoms with Crippen LogP contribution in [0.15, 0.2) is 17.5 Å². The summed E-state index contributed by atoms with van der Waals surface area (Å²) >= 11 is 1.64. The highest BCUT2D eigenvalue weighted by Gasteiger charge is 2.45. The lowest BCUT2D eigenvalue weighted by atomic mass is 9.88. The van der Waals surface area contributed by atoms with Crippen LogP contribution in [-0.2, 0) is 20.9 Å². The normalized spacial score (nSPS) is 26.0. The molecule has 2 aliphatic heterocycles. The third-order valence-corrected chi connectivity index (χ3v) is 6.53. The number of likely N-dealkylation sites (tertiary alicyclic amines) is 1. The summed E-state index contributed by atoms with van der Waals surface area (Å²) in [5.41, 5.74) is -0.307. The van der Waals surface area contributed by atoms with Gasteiger partial charge in [-0.25, -0.2) is 0 Å². The third kappa shape index (κ3) is 3.94. The maximum Gasteiger partial charge on any atom is 0.250 e. The molecule has 4 rings (SSSR count). The van der Waals surface area contributed by atoms with Gasteiger partial charge < -0.3 is 19.9 Å². The van der Waals surface area contributed by atoms with Gasteiger partial charge in [-0.05, 0) is 44.2 Å². The smallest absolute Gasteiger partial charge is 0.250 e. The quantitative estimate of drug-likeness (QED) is 0.863. The van der Waals surface area contributed by atoms with Crippen LogP contribution in [-0.4, -0.2) is 66.5 Å². The third-order valence-electron chi connectivity index (χ3n) is 5.65. The van der Waals surface area contributed by atoms with E-state index in [2.05, 4.69) is 10.2 Å². The summed E-state index contributed by atoms with van der Waals surface area (Å²) < 4.78 is 6.33. The number of nitrogens with one attached hydrogen (secondary N) is 1. The predicted molar refractivity (Wildman–Crippen MR) is 99.8 cm³/mol. The molecule has 2 saturated heterocycles. The van der Waals surface area contributed by atoms with Crippen molar-refractivity contribution in [1.82, 2.24) is 15.1 Å². The molecule has 142 valence electrons. The number of morpholine rings is 1. The van der Waals surface area contributed by atoms with Gasteiger partial charge in [0.1, 0.15) is 6.10 Å². The van der Waals surface area contributed by atoms with Crippen molar-refractivity contribution in [2.75, 3.05) is 33.2 Å². The Kier molecular flexibility index (Phi) is 5.03. The van der Waals surface area contributed by atoms with E-state index >= 15 is 0 Å². The molecule has 1 N–H and O–H groups in total. The van der Waals surface area contributed by atoms with Crippen LogP contribution < -0.4 is 5.32 Å². The minimum Gasteiger partial charge on any atom is -0.359 e. The van der Waals surface area contributed by atoms with Crippen molar-refractivity contribution >= 4 is 23.2 Å². The number of nitrogens with zero attached hydrogens (tertiary/aromatic N) is 2. The standard InChI is InChI=1S/C19H27N3O3S/c1-21-12-16(17(23)20-11-15-3-2-10-26-15)25-19(13-21)6-8-22(9-7-19)18(24)14-4-5-14/h2-3,10,14,16H,4-9,11-13H2,1H3,(H,20,23)/t16-/m0/s1. The molecule has 1 saturated carbocycles. The zero-order valence-corrected chi connectivity index (χ0v) is 16.1. The fourth-order valence-electron chi connectivity index (χ4n) is 4.05. The second kappa shape index (κ2) is 7.29. The molecule has 26 heavy (non-hydrogen) atoms. The van der Waals surface area contributed by atoms with Crippen LogP contribution in [0.4, 0.5) is 0 Å². The number of rotatable bonds is 4. The van der Waals surface area contributed by atoms with E-state index < -0.39 is 6.10 Å². The van der Waals surface area contributed by atoms with E-state index in [4.69, 9.17) is 4.74 Å². The lowest BCUT2D eigenvalue weighted by Gasteiger charge is -2.48. The summed E-state index contributed by atoms with van der Waals surface area (Å²) in [5, 5.41) is 5.01. The first kappa shape index (κ1) is 17.9. The molecule has 3 heterocycles. The highest BCUT2D eigenvalue weighted by molar-refractivity contribution is 7.09. The fourth-order valence-corrected chi connectivity index (χ4v) is 4.70. The number of piperidine rings is 1. The van der Waals surface area contributed by atoms with Crippen LogP contribution in [0.1, 0.15) is 30.6 Å². The second-order valence-corrected chi connectivity index (χ2v) is 8.92. The molecule has 7 heteroatoms. The summed E-state index contributed by atoms with van der Waals surface area (Å²) in [7, 11) is 2.05. The number of carbonyl (C=O) groups excluding carboxylic acids is 2. The molecule has 6 nitrogen and oxygen atoms in total.